The SMILES string of the molecule is O=C(O)c1cccc(-c2cscn2)c1. The van der Waals surface area contributed by atoms with Crippen molar-refractivity contribution in [2.24, 2.45) is 0 Å². The van der Waals surface area contributed by atoms with E-state index in [9.17, 15) is 4.79 Å². The normalized spacial score (nSPS) is 10.0. The van der Waals surface area contributed by atoms with Crippen LogP contribution in [0.1, 0.15) is 10.4 Å². The Kier molecular flexibility index (Phi) is 2.28. The Morgan fingerprint density at radius 1 is 1.43 bits per heavy atom. The lowest BCUT2D eigenvalue weighted by atomic mass is 10.1. The Morgan fingerprint density at radius 2 is 2.29 bits per heavy atom. The van der Waals surface area contributed by atoms with Gasteiger partial charge in [-0.15, -0.1) is 11.3 Å². The fourth-order valence-corrected chi connectivity index (χ4v) is 1.73. The summed E-state index contributed by atoms with van der Waals surface area (Å²) in [6, 6.07) is 6.76. The van der Waals surface area contributed by atoms with Gasteiger partial charge < -0.3 is 5.11 Å². The first-order valence-corrected chi connectivity index (χ1v) is 4.93. The third-order valence-corrected chi connectivity index (χ3v) is 2.42. The van der Waals surface area contributed by atoms with Crippen molar-refractivity contribution >= 4 is 17.3 Å². The van der Waals surface area contributed by atoms with Crippen LogP contribution in [-0.2, 0) is 0 Å². The van der Waals surface area contributed by atoms with Crippen LogP contribution in [0.5, 0.6) is 0 Å². The summed E-state index contributed by atoms with van der Waals surface area (Å²) in [6.45, 7) is 0. The van der Waals surface area contributed by atoms with Gasteiger partial charge in [-0.1, -0.05) is 12.1 Å². The molecular weight excluding hydrogens is 198 g/mol. The maximum Gasteiger partial charge on any atom is 0.335 e. The number of carboxylic acids is 1. The molecule has 0 aliphatic rings. The average molecular weight is 205 g/mol. The molecule has 1 aromatic heterocycles. The zero-order valence-electron chi connectivity index (χ0n) is 7.18. The summed E-state index contributed by atoms with van der Waals surface area (Å²) < 4.78 is 0. The number of benzene rings is 1. The molecule has 0 radical (unpaired) electrons. The van der Waals surface area contributed by atoms with Crippen molar-refractivity contribution in [1.29, 1.82) is 0 Å². The Hall–Kier alpha value is -1.68. The van der Waals surface area contributed by atoms with Gasteiger partial charge in [0.1, 0.15) is 0 Å². The average Bonchev–Trinajstić information content (AvgIpc) is 2.71. The van der Waals surface area contributed by atoms with E-state index >= 15 is 0 Å². The second-order valence-corrected chi connectivity index (χ2v) is 3.48. The zero-order chi connectivity index (χ0) is 9.97. The third-order valence-electron chi connectivity index (χ3n) is 1.84. The van der Waals surface area contributed by atoms with Crippen molar-refractivity contribution in [3.63, 3.8) is 0 Å². The van der Waals surface area contributed by atoms with Gasteiger partial charge in [0.05, 0.1) is 16.8 Å². The molecule has 4 heteroatoms. The van der Waals surface area contributed by atoms with E-state index in [1.54, 1.807) is 23.7 Å². The summed E-state index contributed by atoms with van der Waals surface area (Å²) in [5.74, 6) is -0.915. The molecule has 14 heavy (non-hydrogen) atoms. The van der Waals surface area contributed by atoms with Gasteiger partial charge in [-0.25, -0.2) is 9.78 Å². The molecule has 0 unspecified atom stereocenters. The molecule has 0 aliphatic carbocycles. The van der Waals surface area contributed by atoms with Gasteiger partial charge in [-0.05, 0) is 12.1 Å². The molecule has 70 valence electrons. The van der Waals surface area contributed by atoms with E-state index in [1.807, 2.05) is 11.4 Å². The number of thiazole rings is 1. The van der Waals surface area contributed by atoms with Crippen LogP contribution in [0.15, 0.2) is 35.2 Å². The summed E-state index contributed by atoms with van der Waals surface area (Å²) in [4.78, 5) is 14.8. The minimum Gasteiger partial charge on any atom is -0.478 e. The second-order valence-electron chi connectivity index (χ2n) is 2.76. The number of aromatic nitrogens is 1. The molecule has 1 heterocycles. The Labute approximate surface area is 84.7 Å². The van der Waals surface area contributed by atoms with E-state index in [0.717, 1.165) is 11.3 Å². The van der Waals surface area contributed by atoms with Crippen molar-refractivity contribution in [3.05, 3.63) is 40.7 Å². The molecule has 0 bridgehead atoms. The van der Waals surface area contributed by atoms with Crippen molar-refractivity contribution < 1.29 is 9.90 Å². The van der Waals surface area contributed by atoms with E-state index in [0.29, 0.717) is 0 Å². The number of carboxylic acid groups (broad SMARTS) is 1. The van der Waals surface area contributed by atoms with Crippen LogP contribution in [0.25, 0.3) is 11.3 Å². The van der Waals surface area contributed by atoms with Crippen molar-refractivity contribution in [3.8, 4) is 11.3 Å². The summed E-state index contributed by atoms with van der Waals surface area (Å²) >= 11 is 1.49. The maximum atomic E-state index is 10.7. The Balaban J connectivity index is 2.46. The summed E-state index contributed by atoms with van der Waals surface area (Å²) in [5.41, 5.74) is 3.67. The van der Waals surface area contributed by atoms with Gasteiger partial charge in [0.2, 0.25) is 0 Å². The highest BCUT2D eigenvalue weighted by molar-refractivity contribution is 7.07. The molecular formula is C10H7NO2S. The molecule has 0 saturated heterocycles. The first kappa shape index (κ1) is 8.90. The highest BCUT2D eigenvalue weighted by Crippen LogP contribution is 2.19. The van der Waals surface area contributed by atoms with Gasteiger partial charge in [0.15, 0.2) is 0 Å². The highest BCUT2D eigenvalue weighted by Gasteiger charge is 2.05. The van der Waals surface area contributed by atoms with E-state index in [-0.39, 0.29) is 5.56 Å². The molecule has 2 rings (SSSR count). The van der Waals surface area contributed by atoms with E-state index in [1.165, 1.54) is 11.3 Å². The summed E-state index contributed by atoms with van der Waals surface area (Å²) in [5, 5.41) is 10.7. The van der Waals surface area contributed by atoms with Gasteiger partial charge in [0.25, 0.3) is 0 Å². The van der Waals surface area contributed by atoms with Crippen molar-refractivity contribution in [1.82, 2.24) is 4.98 Å². The van der Waals surface area contributed by atoms with E-state index < -0.39 is 5.97 Å². The molecule has 1 aromatic carbocycles. The first-order valence-electron chi connectivity index (χ1n) is 3.99. The third kappa shape index (κ3) is 1.65. The lowest BCUT2D eigenvalue weighted by Crippen LogP contribution is -1.95. The fourth-order valence-electron chi connectivity index (χ4n) is 1.17. The van der Waals surface area contributed by atoms with Crippen molar-refractivity contribution in [2.45, 2.75) is 0 Å². The topological polar surface area (TPSA) is 50.2 Å². The minimum atomic E-state index is -0.915. The number of hydrogen-bond donors (Lipinski definition) is 1. The number of carbonyl (C=O) groups is 1. The summed E-state index contributed by atoms with van der Waals surface area (Å²) in [6.07, 6.45) is 0. The van der Waals surface area contributed by atoms with Gasteiger partial charge in [-0.2, -0.15) is 0 Å². The highest BCUT2D eigenvalue weighted by atomic mass is 32.1. The number of rotatable bonds is 2. The van der Waals surface area contributed by atoms with Crippen LogP contribution in [-0.4, -0.2) is 16.1 Å². The molecule has 3 nitrogen and oxygen atoms in total. The van der Waals surface area contributed by atoms with Crippen LogP contribution >= 0.6 is 11.3 Å². The monoisotopic (exact) mass is 205 g/mol. The smallest absolute Gasteiger partial charge is 0.335 e. The van der Waals surface area contributed by atoms with Crippen LogP contribution in [0.4, 0.5) is 0 Å². The number of hydrogen-bond acceptors (Lipinski definition) is 3. The molecule has 0 spiro atoms. The first-order chi connectivity index (χ1) is 6.77. The fraction of sp³-hybridized carbons (Fsp3) is 0. The maximum absolute atomic E-state index is 10.7. The van der Waals surface area contributed by atoms with E-state index in [2.05, 4.69) is 4.98 Å². The molecule has 0 amide bonds. The molecule has 1 N–H and O–H groups in total. The largest absolute Gasteiger partial charge is 0.478 e. The van der Waals surface area contributed by atoms with Crippen LogP contribution in [0.3, 0.4) is 0 Å². The quantitative estimate of drug-likeness (QED) is 0.819. The minimum absolute atomic E-state index is 0.288. The lowest BCUT2D eigenvalue weighted by molar-refractivity contribution is 0.0697. The summed E-state index contributed by atoms with van der Waals surface area (Å²) in [7, 11) is 0. The van der Waals surface area contributed by atoms with Gasteiger partial charge >= 0.3 is 5.97 Å². The molecule has 2 aromatic rings. The van der Waals surface area contributed by atoms with Crippen LogP contribution in [0, 0.1) is 0 Å². The molecule has 0 fully saturated rings. The number of nitrogens with zero attached hydrogens (tertiary/aromatic N) is 1. The standard InChI is InChI=1S/C10H7NO2S/c12-10(13)8-3-1-2-7(4-8)9-5-14-6-11-9/h1-6H,(H,12,13). The van der Waals surface area contributed by atoms with E-state index in [4.69, 9.17) is 5.11 Å². The molecule has 0 aliphatic heterocycles. The Bertz CT molecular complexity index is 451. The predicted octanol–water partition coefficient (Wildman–Crippen LogP) is 2.51. The zero-order valence-corrected chi connectivity index (χ0v) is 7.99. The predicted molar refractivity (Wildman–Crippen MR) is 54.5 cm³/mol. The van der Waals surface area contributed by atoms with Crippen molar-refractivity contribution in [2.75, 3.05) is 0 Å². The second kappa shape index (κ2) is 3.59. The molecule has 0 atom stereocenters. The molecule has 0 saturated carbocycles. The number of aromatic carboxylic acids is 1. The van der Waals surface area contributed by atoms with Gasteiger partial charge in [-0.3, -0.25) is 0 Å². The van der Waals surface area contributed by atoms with Crippen LogP contribution < -0.4 is 0 Å². The Morgan fingerprint density at radius 3 is 2.93 bits per heavy atom. The van der Waals surface area contributed by atoms with Gasteiger partial charge in [0, 0.05) is 10.9 Å². The van der Waals surface area contributed by atoms with Crippen LogP contribution in [0.2, 0.25) is 0 Å². The lowest BCUT2D eigenvalue weighted by Gasteiger charge is -1.98.